The molecule has 0 aliphatic heterocycles. The number of benzene rings is 1. The Hall–Kier alpha value is -1.86. The lowest BCUT2D eigenvalue weighted by Gasteiger charge is -2.28. The predicted octanol–water partition coefficient (Wildman–Crippen LogP) is 5.24. The summed E-state index contributed by atoms with van der Waals surface area (Å²) in [6.45, 7) is 13.5. The van der Waals surface area contributed by atoms with Crippen LogP contribution in [-0.4, -0.2) is 31.7 Å². The van der Waals surface area contributed by atoms with Gasteiger partial charge in [-0.1, -0.05) is 54.4 Å². The van der Waals surface area contributed by atoms with Crippen molar-refractivity contribution in [1.82, 2.24) is 9.13 Å². The second-order valence-electron chi connectivity index (χ2n) is 10.5. The first kappa shape index (κ1) is 26.4. The van der Waals surface area contributed by atoms with Crippen LogP contribution in [-0.2, 0) is 23.9 Å². The molecule has 0 saturated heterocycles. The highest BCUT2D eigenvalue weighted by Gasteiger charge is 2.27. The minimum absolute atomic E-state index is 0.0240. The number of rotatable bonds is 9. The van der Waals surface area contributed by atoms with Gasteiger partial charge in [-0.05, 0) is 35.8 Å². The number of aryl methyl sites for hydroxylation is 1. The van der Waals surface area contributed by atoms with Crippen LogP contribution in [0.25, 0.3) is 0 Å². The Morgan fingerprint density at radius 3 is 1.97 bits per heavy atom. The van der Waals surface area contributed by atoms with Crippen LogP contribution in [0, 0.1) is 0 Å². The summed E-state index contributed by atoms with van der Waals surface area (Å²) in [6.07, 6.45) is 7.68. The van der Waals surface area contributed by atoms with Crippen molar-refractivity contribution in [2.24, 2.45) is 4.02 Å². The Labute approximate surface area is 200 Å². The molecule has 7 heteroatoms. The standard InChI is InChI=1S/C25H38BrN3O3/c1-24(2,3)19-15-18(16-20(22(19)32)25(4,5)6)21(31)17-29-13-12-28(23(29)27-26)11-9-7-8-10-14-30/h12-13,15-16,30,32H,7-11,14,17H2,1-6H3/b27-23-. The number of halogens is 1. The lowest BCUT2D eigenvalue weighted by Crippen LogP contribution is -2.28. The summed E-state index contributed by atoms with van der Waals surface area (Å²) in [6, 6.07) is 3.66. The maximum atomic E-state index is 13.3. The number of imidazole rings is 1. The van der Waals surface area contributed by atoms with Crippen LogP contribution >= 0.6 is 16.1 Å². The number of carbonyl (C=O) groups is 1. The van der Waals surface area contributed by atoms with Crippen molar-refractivity contribution in [3.05, 3.63) is 46.8 Å². The van der Waals surface area contributed by atoms with Gasteiger partial charge in [-0.25, -0.2) is 0 Å². The molecule has 1 aromatic heterocycles. The third kappa shape index (κ3) is 6.58. The van der Waals surface area contributed by atoms with Crippen molar-refractivity contribution in [2.75, 3.05) is 6.61 Å². The first-order valence-corrected chi connectivity index (χ1v) is 12.0. The smallest absolute Gasteiger partial charge is 0.217 e. The number of unbranched alkanes of at least 4 members (excludes halogenated alkanes) is 3. The Kier molecular flexibility index (Phi) is 8.94. The summed E-state index contributed by atoms with van der Waals surface area (Å²) in [4.78, 5) is 13.3. The van der Waals surface area contributed by atoms with Gasteiger partial charge >= 0.3 is 0 Å². The van der Waals surface area contributed by atoms with Crippen LogP contribution in [0.4, 0.5) is 0 Å². The summed E-state index contributed by atoms with van der Waals surface area (Å²) in [5.74, 6) is 0.252. The third-order valence-electron chi connectivity index (χ3n) is 5.68. The van der Waals surface area contributed by atoms with E-state index in [1.165, 1.54) is 0 Å². The van der Waals surface area contributed by atoms with Gasteiger partial charge in [-0.3, -0.25) is 4.79 Å². The number of hydrogen-bond donors (Lipinski definition) is 2. The molecule has 0 fully saturated rings. The molecule has 0 aliphatic carbocycles. The Bertz CT molecular complexity index is 956. The van der Waals surface area contributed by atoms with Crippen molar-refractivity contribution in [3.8, 4) is 5.75 Å². The van der Waals surface area contributed by atoms with E-state index in [1.807, 2.05) is 75.2 Å². The number of aromatic hydroxyl groups is 1. The molecule has 0 bridgehead atoms. The van der Waals surface area contributed by atoms with E-state index in [2.05, 4.69) is 20.2 Å². The number of aliphatic hydroxyl groups excluding tert-OH is 1. The number of ketones is 1. The molecule has 0 aliphatic rings. The van der Waals surface area contributed by atoms with Crippen molar-refractivity contribution < 1.29 is 15.0 Å². The topological polar surface area (TPSA) is 79.8 Å². The molecular weight excluding hydrogens is 470 g/mol. The van der Waals surface area contributed by atoms with Crippen LogP contribution < -0.4 is 5.62 Å². The molecule has 32 heavy (non-hydrogen) atoms. The van der Waals surface area contributed by atoms with Gasteiger partial charge < -0.3 is 19.3 Å². The van der Waals surface area contributed by atoms with Gasteiger partial charge in [0.15, 0.2) is 5.78 Å². The molecule has 0 radical (unpaired) electrons. The van der Waals surface area contributed by atoms with E-state index >= 15 is 0 Å². The van der Waals surface area contributed by atoms with Crippen molar-refractivity contribution in [3.63, 3.8) is 0 Å². The van der Waals surface area contributed by atoms with Crippen LogP contribution in [0.5, 0.6) is 5.75 Å². The molecule has 1 aromatic carbocycles. The maximum absolute atomic E-state index is 13.3. The number of nitrogens with zero attached hydrogens (tertiary/aromatic N) is 3. The Morgan fingerprint density at radius 1 is 0.938 bits per heavy atom. The highest BCUT2D eigenvalue weighted by Crippen LogP contribution is 2.39. The summed E-state index contributed by atoms with van der Waals surface area (Å²) in [7, 11) is 0. The maximum Gasteiger partial charge on any atom is 0.217 e. The average Bonchev–Trinajstić information content (AvgIpc) is 3.07. The fourth-order valence-electron chi connectivity index (χ4n) is 3.79. The molecule has 2 N–H and O–H groups in total. The average molecular weight is 509 g/mol. The lowest BCUT2D eigenvalue weighted by molar-refractivity contribution is 0.0970. The summed E-state index contributed by atoms with van der Waals surface area (Å²) in [5.41, 5.74) is 2.27. The monoisotopic (exact) mass is 507 g/mol. The quantitative estimate of drug-likeness (QED) is 0.359. The molecule has 0 spiro atoms. The minimum atomic E-state index is -0.288. The second-order valence-corrected chi connectivity index (χ2v) is 10.8. The fraction of sp³-hybridized carbons (Fsp3) is 0.600. The van der Waals surface area contributed by atoms with Crippen LogP contribution in [0.1, 0.15) is 88.7 Å². The van der Waals surface area contributed by atoms with Gasteiger partial charge in [-0.15, -0.1) is 0 Å². The highest BCUT2D eigenvalue weighted by molar-refractivity contribution is 9.08. The van der Waals surface area contributed by atoms with Crippen LogP contribution in [0.2, 0.25) is 0 Å². The van der Waals surface area contributed by atoms with Gasteiger partial charge in [-0.2, -0.15) is 4.02 Å². The second kappa shape index (κ2) is 10.8. The summed E-state index contributed by atoms with van der Waals surface area (Å²) >= 11 is 3.21. The molecule has 2 aromatic rings. The SMILES string of the molecule is CC(C)(C)c1cc(C(=O)Cn2ccn(CCCCCCO)/c2=N/Br)cc(C(C)(C)C)c1O. The number of hydrogen-bond acceptors (Lipinski definition) is 4. The molecular formula is C25H38BrN3O3. The zero-order valence-electron chi connectivity index (χ0n) is 20.3. The minimum Gasteiger partial charge on any atom is -0.507 e. The van der Waals surface area contributed by atoms with Crippen molar-refractivity contribution >= 4 is 21.9 Å². The Balaban J connectivity index is 2.32. The van der Waals surface area contributed by atoms with E-state index in [1.54, 1.807) is 0 Å². The summed E-state index contributed by atoms with van der Waals surface area (Å²) in [5, 5.41) is 19.8. The molecule has 0 saturated carbocycles. The van der Waals surface area contributed by atoms with Crippen LogP contribution in [0.15, 0.2) is 28.5 Å². The van der Waals surface area contributed by atoms with Gasteiger partial charge in [0.05, 0.1) is 22.7 Å². The van der Waals surface area contributed by atoms with E-state index in [0.717, 1.165) is 43.4 Å². The van der Waals surface area contributed by atoms with Crippen molar-refractivity contribution in [1.29, 1.82) is 0 Å². The molecule has 0 amide bonds. The summed E-state index contributed by atoms with van der Waals surface area (Å²) < 4.78 is 8.09. The van der Waals surface area contributed by atoms with E-state index in [-0.39, 0.29) is 35.5 Å². The number of carbonyl (C=O) groups excluding carboxylic acids is 1. The molecule has 178 valence electrons. The number of phenols is 1. The molecule has 2 rings (SSSR count). The van der Waals surface area contributed by atoms with Crippen molar-refractivity contribution in [2.45, 2.75) is 91.1 Å². The molecule has 0 atom stereocenters. The molecule has 1 heterocycles. The first-order chi connectivity index (χ1) is 14.9. The van der Waals surface area contributed by atoms with Gasteiger partial charge in [0.1, 0.15) is 5.75 Å². The normalized spacial score (nSPS) is 13.1. The van der Waals surface area contributed by atoms with E-state index < -0.39 is 0 Å². The number of aromatic nitrogens is 2. The van der Waals surface area contributed by atoms with E-state index in [0.29, 0.717) is 11.2 Å². The van der Waals surface area contributed by atoms with Gasteiger partial charge in [0, 0.05) is 42.2 Å². The van der Waals surface area contributed by atoms with E-state index in [4.69, 9.17) is 5.11 Å². The lowest BCUT2D eigenvalue weighted by atomic mass is 9.78. The van der Waals surface area contributed by atoms with Crippen LogP contribution in [0.3, 0.4) is 0 Å². The first-order valence-electron chi connectivity index (χ1n) is 11.3. The zero-order chi connectivity index (χ0) is 24.1. The van der Waals surface area contributed by atoms with Gasteiger partial charge in [0.25, 0.3) is 0 Å². The van der Waals surface area contributed by atoms with E-state index in [9.17, 15) is 9.90 Å². The fourth-order valence-corrected chi connectivity index (χ4v) is 4.19. The largest absolute Gasteiger partial charge is 0.507 e. The molecule has 6 nitrogen and oxygen atoms in total. The van der Waals surface area contributed by atoms with Gasteiger partial charge in [0.2, 0.25) is 5.62 Å². The molecule has 0 unspecified atom stereocenters. The number of Topliss-reactive ketones (excluding diaryl/α,β-unsaturated/α-hetero) is 1. The Morgan fingerprint density at radius 2 is 1.47 bits per heavy atom. The number of phenolic OH excluding ortho intramolecular Hbond substituents is 1. The zero-order valence-corrected chi connectivity index (χ0v) is 21.9. The highest BCUT2D eigenvalue weighted by atomic mass is 79.9. The number of aliphatic hydroxyl groups is 1. The predicted molar refractivity (Wildman–Crippen MR) is 132 cm³/mol. The third-order valence-corrected chi connectivity index (χ3v) is 6.00.